The predicted octanol–water partition coefficient (Wildman–Crippen LogP) is 5.03. The van der Waals surface area contributed by atoms with Crippen molar-refractivity contribution in [1.82, 2.24) is 9.80 Å². The Kier molecular flexibility index (Phi) is 5.86. The van der Waals surface area contributed by atoms with Gasteiger partial charge in [0.15, 0.2) is 0 Å². The first-order valence-corrected chi connectivity index (χ1v) is 11.7. The highest BCUT2D eigenvalue weighted by Crippen LogP contribution is 2.25. The van der Waals surface area contributed by atoms with Gasteiger partial charge in [0.2, 0.25) is 0 Å². The van der Waals surface area contributed by atoms with Gasteiger partial charge in [-0.1, -0.05) is 48.5 Å². The number of hydrogen-bond acceptors (Lipinski definition) is 2. The van der Waals surface area contributed by atoms with Crippen LogP contribution in [0.1, 0.15) is 39.0 Å². The highest BCUT2D eigenvalue weighted by atomic mass is 16.2. The summed E-state index contributed by atoms with van der Waals surface area (Å²) < 4.78 is 0. The Morgan fingerprint density at radius 3 is 2.36 bits per heavy atom. The molecular formula is C28H29N3O2. The number of aryl methyl sites for hydroxylation is 1. The third-order valence-corrected chi connectivity index (χ3v) is 6.78. The molecule has 1 saturated heterocycles. The van der Waals surface area contributed by atoms with E-state index in [4.69, 9.17) is 0 Å². The van der Waals surface area contributed by atoms with E-state index in [1.165, 1.54) is 22.3 Å². The molecule has 168 valence electrons. The molecule has 0 aliphatic carbocycles. The molecule has 0 aromatic heterocycles. The summed E-state index contributed by atoms with van der Waals surface area (Å²) in [6.07, 6.45) is 1.81. The number of carbonyl (C=O) groups is 2. The highest BCUT2D eigenvalue weighted by molar-refractivity contribution is 5.96. The number of rotatable bonds is 4. The average molecular weight is 440 g/mol. The second-order valence-electron chi connectivity index (χ2n) is 8.93. The first kappa shape index (κ1) is 21.3. The molecule has 2 aliphatic rings. The quantitative estimate of drug-likeness (QED) is 0.573. The van der Waals surface area contributed by atoms with Crippen LogP contribution in [0.25, 0.3) is 0 Å². The zero-order valence-corrected chi connectivity index (χ0v) is 19.0. The molecule has 5 heteroatoms. The topological polar surface area (TPSA) is 43.9 Å². The van der Waals surface area contributed by atoms with E-state index in [-0.39, 0.29) is 11.9 Å². The van der Waals surface area contributed by atoms with Gasteiger partial charge >= 0.3 is 6.03 Å². The van der Waals surface area contributed by atoms with E-state index in [9.17, 15) is 9.59 Å². The fourth-order valence-electron chi connectivity index (χ4n) is 4.80. The van der Waals surface area contributed by atoms with E-state index in [1.54, 1.807) is 0 Å². The Morgan fingerprint density at radius 1 is 0.848 bits per heavy atom. The standard InChI is InChI=1S/C28H29N3O2/c1-21-7-2-3-9-24(21)19-30-16-6-17-31(28(30)33)26-13-11-23(12-14-26)27(32)29-18-15-22-8-4-5-10-25(22)20-29/h2-5,7-14H,6,15-20H2,1H3. The van der Waals surface area contributed by atoms with Gasteiger partial charge < -0.3 is 9.80 Å². The lowest BCUT2D eigenvalue weighted by atomic mass is 9.99. The summed E-state index contributed by atoms with van der Waals surface area (Å²) in [5.41, 5.74) is 6.44. The zero-order chi connectivity index (χ0) is 22.8. The highest BCUT2D eigenvalue weighted by Gasteiger charge is 2.28. The van der Waals surface area contributed by atoms with Crippen LogP contribution in [0.5, 0.6) is 0 Å². The van der Waals surface area contributed by atoms with Crippen molar-refractivity contribution in [3.63, 3.8) is 0 Å². The van der Waals surface area contributed by atoms with Gasteiger partial charge in [-0.2, -0.15) is 0 Å². The molecule has 1 fully saturated rings. The van der Waals surface area contributed by atoms with E-state index in [1.807, 2.05) is 57.2 Å². The monoisotopic (exact) mass is 439 g/mol. The van der Waals surface area contributed by atoms with Gasteiger partial charge in [-0.25, -0.2) is 4.79 Å². The van der Waals surface area contributed by atoms with Crippen molar-refractivity contribution in [2.45, 2.75) is 32.9 Å². The van der Waals surface area contributed by atoms with Crippen molar-refractivity contribution in [2.75, 3.05) is 24.5 Å². The number of anilines is 1. The molecule has 3 amide bonds. The first-order chi connectivity index (χ1) is 16.1. The van der Waals surface area contributed by atoms with Crippen LogP contribution in [-0.4, -0.2) is 41.4 Å². The Hall–Kier alpha value is -3.60. The molecule has 0 radical (unpaired) electrons. The van der Waals surface area contributed by atoms with Crippen molar-refractivity contribution in [1.29, 1.82) is 0 Å². The summed E-state index contributed by atoms with van der Waals surface area (Å²) in [5.74, 6) is 0.0437. The molecule has 0 unspecified atom stereocenters. The molecule has 0 spiro atoms. The number of urea groups is 1. The molecule has 5 nitrogen and oxygen atoms in total. The molecule has 5 rings (SSSR count). The molecule has 0 N–H and O–H groups in total. The smallest absolute Gasteiger partial charge is 0.324 e. The van der Waals surface area contributed by atoms with Crippen LogP contribution in [0.4, 0.5) is 10.5 Å². The summed E-state index contributed by atoms with van der Waals surface area (Å²) in [4.78, 5) is 31.9. The zero-order valence-electron chi connectivity index (χ0n) is 19.0. The summed E-state index contributed by atoms with van der Waals surface area (Å²) in [7, 11) is 0. The molecule has 33 heavy (non-hydrogen) atoms. The Bertz CT molecular complexity index is 1170. The maximum Gasteiger partial charge on any atom is 0.324 e. The number of nitrogens with zero attached hydrogens (tertiary/aromatic N) is 3. The maximum atomic E-state index is 13.2. The van der Waals surface area contributed by atoms with Crippen molar-refractivity contribution >= 4 is 17.6 Å². The van der Waals surface area contributed by atoms with Crippen LogP contribution >= 0.6 is 0 Å². The van der Waals surface area contributed by atoms with Gasteiger partial charge in [0.1, 0.15) is 0 Å². The summed E-state index contributed by atoms with van der Waals surface area (Å²) in [6.45, 7) is 5.54. The van der Waals surface area contributed by atoms with E-state index in [0.717, 1.165) is 31.6 Å². The lowest BCUT2D eigenvalue weighted by Crippen LogP contribution is -2.49. The number of amides is 3. The second kappa shape index (κ2) is 9.10. The SMILES string of the molecule is Cc1ccccc1CN1CCCN(c2ccc(C(=O)N3CCc4ccccc4C3)cc2)C1=O. The molecule has 0 atom stereocenters. The van der Waals surface area contributed by atoms with E-state index in [2.05, 4.69) is 37.3 Å². The van der Waals surface area contributed by atoms with Crippen molar-refractivity contribution in [3.05, 3.63) is 101 Å². The van der Waals surface area contributed by atoms with Gasteiger partial charge in [0.25, 0.3) is 5.91 Å². The fourth-order valence-corrected chi connectivity index (χ4v) is 4.80. The average Bonchev–Trinajstić information content (AvgIpc) is 2.86. The third-order valence-electron chi connectivity index (χ3n) is 6.78. The van der Waals surface area contributed by atoms with Gasteiger partial charge in [-0.3, -0.25) is 9.69 Å². The number of fused-ring (bicyclic) bond motifs is 1. The number of benzene rings is 3. The maximum absolute atomic E-state index is 13.2. The van der Waals surface area contributed by atoms with Crippen LogP contribution in [-0.2, 0) is 19.5 Å². The fraction of sp³-hybridized carbons (Fsp3) is 0.286. The van der Waals surface area contributed by atoms with Crippen LogP contribution < -0.4 is 4.90 Å². The lowest BCUT2D eigenvalue weighted by Gasteiger charge is -2.36. The third kappa shape index (κ3) is 4.36. The van der Waals surface area contributed by atoms with Gasteiger partial charge in [-0.05, 0) is 66.3 Å². The molecule has 0 bridgehead atoms. The molecular weight excluding hydrogens is 410 g/mol. The van der Waals surface area contributed by atoms with Crippen molar-refractivity contribution < 1.29 is 9.59 Å². The van der Waals surface area contributed by atoms with Gasteiger partial charge in [-0.15, -0.1) is 0 Å². The van der Waals surface area contributed by atoms with Crippen LogP contribution in [0.2, 0.25) is 0 Å². The minimum Gasteiger partial charge on any atom is -0.334 e. The summed E-state index contributed by atoms with van der Waals surface area (Å²) >= 11 is 0. The van der Waals surface area contributed by atoms with E-state index < -0.39 is 0 Å². The Morgan fingerprint density at radius 2 is 1.58 bits per heavy atom. The minimum atomic E-state index is 0.0243. The summed E-state index contributed by atoms with van der Waals surface area (Å²) in [6, 6.07) is 24.1. The number of hydrogen-bond donors (Lipinski definition) is 0. The molecule has 3 aromatic rings. The Balaban J connectivity index is 1.27. The first-order valence-electron chi connectivity index (χ1n) is 11.7. The summed E-state index contributed by atoms with van der Waals surface area (Å²) in [5, 5.41) is 0. The van der Waals surface area contributed by atoms with Gasteiger partial charge in [0, 0.05) is 44.0 Å². The van der Waals surface area contributed by atoms with E-state index in [0.29, 0.717) is 25.2 Å². The largest absolute Gasteiger partial charge is 0.334 e. The van der Waals surface area contributed by atoms with Crippen LogP contribution in [0.3, 0.4) is 0 Å². The van der Waals surface area contributed by atoms with Crippen LogP contribution in [0.15, 0.2) is 72.8 Å². The molecule has 2 heterocycles. The van der Waals surface area contributed by atoms with Gasteiger partial charge in [0.05, 0.1) is 0 Å². The normalized spacial score (nSPS) is 16.0. The minimum absolute atomic E-state index is 0.0243. The second-order valence-corrected chi connectivity index (χ2v) is 8.93. The van der Waals surface area contributed by atoms with Crippen LogP contribution in [0, 0.1) is 6.92 Å². The van der Waals surface area contributed by atoms with Crippen molar-refractivity contribution in [3.8, 4) is 0 Å². The Labute approximate surface area is 195 Å². The van der Waals surface area contributed by atoms with Crippen molar-refractivity contribution in [2.24, 2.45) is 0 Å². The predicted molar refractivity (Wildman–Crippen MR) is 130 cm³/mol. The lowest BCUT2D eigenvalue weighted by molar-refractivity contribution is 0.0734. The number of carbonyl (C=O) groups excluding carboxylic acids is 2. The molecule has 3 aromatic carbocycles. The molecule has 0 saturated carbocycles. The molecule has 2 aliphatic heterocycles. The van der Waals surface area contributed by atoms with E-state index >= 15 is 0 Å².